The van der Waals surface area contributed by atoms with Gasteiger partial charge in [0, 0.05) is 12.3 Å². The molecule has 1 fully saturated rings. The summed E-state index contributed by atoms with van der Waals surface area (Å²) in [6, 6.07) is 4.04. The third-order valence-corrected chi connectivity index (χ3v) is 9.76. The van der Waals surface area contributed by atoms with Crippen molar-refractivity contribution < 1.29 is 4.43 Å². The lowest BCUT2D eigenvalue weighted by molar-refractivity contribution is 0.130. The van der Waals surface area contributed by atoms with E-state index in [0.29, 0.717) is 22.9 Å². The fourth-order valence-corrected chi connectivity index (χ4v) is 4.19. The summed E-state index contributed by atoms with van der Waals surface area (Å²) in [5.41, 5.74) is 6.99. The minimum Gasteiger partial charge on any atom is -0.414 e. The summed E-state index contributed by atoms with van der Waals surface area (Å²) in [6.45, 7) is 11.6. The maximum atomic E-state index is 6.55. The van der Waals surface area contributed by atoms with E-state index >= 15 is 0 Å². The van der Waals surface area contributed by atoms with Gasteiger partial charge in [-0.15, -0.1) is 0 Å². The van der Waals surface area contributed by atoms with E-state index in [0.717, 1.165) is 0 Å². The zero-order chi connectivity index (χ0) is 15.7. The largest absolute Gasteiger partial charge is 0.414 e. The molecule has 1 saturated carbocycles. The van der Waals surface area contributed by atoms with Crippen LogP contribution in [-0.4, -0.2) is 19.4 Å². The van der Waals surface area contributed by atoms with Crippen LogP contribution in [0.1, 0.15) is 57.9 Å². The number of aromatic nitrogens is 1. The van der Waals surface area contributed by atoms with Crippen LogP contribution in [0, 0.1) is 0 Å². The van der Waals surface area contributed by atoms with Gasteiger partial charge in [0.15, 0.2) is 8.32 Å². The molecule has 0 radical (unpaired) electrons. The van der Waals surface area contributed by atoms with E-state index in [2.05, 4.69) is 44.9 Å². The zero-order valence-corrected chi connectivity index (χ0v) is 15.1. The molecular formula is C17H30N2OSi. The van der Waals surface area contributed by atoms with Gasteiger partial charge in [-0.1, -0.05) is 26.8 Å². The summed E-state index contributed by atoms with van der Waals surface area (Å²) >= 11 is 0. The Morgan fingerprint density at radius 1 is 1.14 bits per heavy atom. The Bertz CT molecular complexity index is 457. The van der Waals surface area contributed by atoms with Gasteiger partial charge in [-0.3, -0.25) is 0 Å². The predicted molar refractivity (Wildman–Crippen MR) is 91.9 cm³/mol. The Balaban J connectivity index is 1.90. The van der Waals surface area contributed by atoms with E-state index in [1.54, 1.807) is 0 Å². The third kappa shape index (κ3) is 4.07. The van der Waals surface area contributed by atoms with Crippen LogP contribution in [0.4, 0.5) is 5.82 Å². The van der Waals surface area contributed by atoms with Crippen LogP contribution >= 0.6 is 0 Å². The van der Waals surface area contributed by atoms with Crippen molar-refractivity contribution in [3.63, 3.8) is 0 Å². The summed E-state index contributed by atoms with van der Waals surface area (Å²) in [5, 5.41) is 0.296. The average molecular weight is 307 g/mol. The molecule has 1 aliphatic rings. The molecule has 1 aromatic heterocycles. The van der Waals surface area contributed by atoms with Gasteiger partial charge < -0.3 is 10.2 Å². The van der Waals surface area contributed by atoms with Crippen LogP contribution in [0.2, 0.25) is 18.1 Å². The molecule has 0 amide bonds. The average Bonchev–Trinajstić information content (AvgIpc) is 2.39. The van der Waals surface area contributed by atoms with E-state index in [-0.39, 0.29) is 0 Å². The molecule has 4 heteroatoms. The highest BCUT2D eigenvalue weighted by atomic mass is 28.4. The van der Waals surface area contributed by atoms with Gasteiger partial charge in [-0.2, -0.15) is 0 Å². The van der Waals surface area contributed by atoms with Gasteiger partial charge in [-0.05, 0) is 61.4 Å². The predicted octanol–water partition coefficient (Wildman–Crippen LogP) is 4.71. The molecule has 0 bridgehead atoms. The molecule has 118 valence electrons. The van der Waals surface area contributed by atoms with Crippen molar-refractivity contribution in [2.75, 3.05) is 5.73 Å². The lowest BCUT2D eigenvalue weighted by atomic mass is 9.83. The van der Waals surface area contributed by atoms with Crippen LogP contribution in [0.25, 0.3) is 0 Å². The molecule has 2 N–H and O–H groups in total. The molecule has 0 unspecified atom stereocenters. The highest BCUT2D eigenvalue weighted by Crippen LogP contribution is 2.41. The number of nitrogen functional groups attached to an aromatic ring is 1. The molecule has 0 atom stereocenters. The van der Waals surface area contributed by atoms with Gasteiger partial charge in [-0.25, -0.2) is 4.98 Å². The Labute approximate surface area is 130 Å². The zero-order valence-electron chi connectivity index (χ0n) is 14.1. The lowest BCUT2D eigenvalue weighted by Crippen LogP contribution is -2.44. The lowest BCUT2D eigenvalue weighted by Gasteiger charge is -2.41. The quantitative estimate of drug-likeness (QED) is 0.823. The van der Waals surface area contributed by atoms with Gasteiger partial charge in [0.2, 0.25) is 0 Å². The first-order valence-electron chi connectivity index (χ1n) is 8.08. The van der Waals surface area contributed by atoms with Crippen molar-refractivity contribution >= 4 is 14.1 Å². The second kappa shape index (κ2) is 6.09. The van der Waals surface area contributed by atoms with Crippen LogP contribution in [0.3, 0.4) is 0 Å². The molecular weight excluding hydrogens is 276 g/mol. The Morgan fingerprint density at radius 3 is 2.24 bits per heavy atom. The van der Waals surface area contributed by atoms with Gasteiger partial charge in [0.25, 0.3) is 0 Å². The monoisotopic (exact) mass is 306 g/mol. The van der Waals surface area contributed by atoms with Gasteiger partial charge in [0.05, 0.1) is 0 Å². The third-order valence-electron chi connectivity index (χ3n) is 5.22. The second-order valence-electron chi connectivity index (χ2n) is 7.87. The summed E-state index contributed by atoms with van der Waals surface area (Å²) in [4.78, 5) is 4.22. The number of hydrogen-bond donors (Lipinski definition) is 1. The first-order valence-corrected chi connectivity index (χ1v) is 11.0. The Hall–Kier alpha value is -0.873. The van der Waals surface area contributed by atoms with Crippen LogP contribution in [0.15, 0.2) is 18.3 Å². The van der Waals surface area contributed by atoms with Crippen molar-refractivity contribution in [1.82, 2.24) is 4.98 Å². The molecule has 0 spiro atoms. The number of rotatable bonds is 3. The van der Waals surface area contributed by atoms with Crippen molar-refractivity contribution in [2.45, 2.75) is 76.6 Å². The molecule has 0 aliphatic heterocycles. The van der Waals surface area contributed by atoms with E-state index in [9.17, 15) is 0 Å². The second-order valence-corrected chi connectivity index (χ2v) is 12.6. The minimum absolute atomic E-state index is 0.296. The maximum absolute atomic E-state index is 6.55. The van der Waals surface area contributed by atoms with Gasteiger partial charge >= 0.3 is 0 Å². The van der Waals surface area contributed by atoms with Crippen LogP contribution in [0.5, 0.6) is 0 Å². The minimum atomic E-state index is -1.63. The van der Waals surface area contributed by atoms with Crippen molar-refractivity contribution in [2.24, 2.45) is 0 Å². The topological polar surface area (TPSA) is 48.1 Å². The first-order chi connectivity index (χ1) is 9.69. The fraction of sp³-hybridized carbons (Fsp3) is 0.706. The highest BCUT2D eigenvalue weighted by Gasteiger charge is 2.39. The molecule has 1 heterocycles. The molecule has 1 aromatic rings. The van der Waals surface area contributed by atoms with E-state index < -0.39 is 8.32 Å². The molecule has 0 aromatic carbocycles. The van der Waals surface area contributed by atoms with E-state index in [1.165, 1.54) is 31.2 Å². The SMILES string of the molecule is CC(C)(C)[Si](C)(C)OC1CCC(c2ccc(N)nc2)CC1. The fourth-order valence-electron chi connectivity index (χ4n) is 2.77. The molecule has 3 nitrogen and oxygen atoms in total. The number of hydrogen-bond acceptors (Lipinski definition) is 3. The molecule has 0 saturated heterocycles. The summed E-state index contributed by atoms with van der Waals surface area (Å²) in [5.74, 6) is 1.23. The van der Waals surface area contributed by atoms with Gasteiger partial charge in [0.1, 0.15) is 5.82 Å². The van der Waals surface area contributed by atoms with Crippen molar-refractivity contribution in [1.29, 1.82) is 0 Å². The summed E-state index contributed by atoms with van der Waals surface area (Å²) in [6.07, 6.45) is 7.12. The molecule has 21 heavy (non-hydrogen) atoms. The summed E-state index contributed by atoms with van der Waals surface area (Å²) < 4.78 is 6.55. The standard InChI is InChI=1S/C17H30N2OSi/c1-17(2,3)21(4,5)20-15-9-6-13(7-10-15)14-8-11-16(18)19-12-14/h8,11-13,15H,6-7,9-10H2,1-5H3,(H2,18,19). The van der Waals surface area contributed by atoms with E-state index in [1.807, 2.05) is 12.3 Å². The first kappa shape index (κ1) is 16.5. The molecule has 1 aliphatic carbocycles. The normalized spacial score (nSPS) is 24.0. The van der Waals surface area contributed by atoms with Crippen molar-refractivity contribution in [3.05, 3.63) is 23.9 Å². The van der Waals surface area contributed by atoms with E-state index in [4.69, 9.17) is 10.2 Å². The van der Waals surface area contributed by atoms with Crippen LogP contribution in [-0.2, 0) is 4.43 Å². The highest BCUT2D eigenvalue weighted by molar-refractivity contribution is 6.74. The number of nitrogens with two attached hydrogens (primary N) is 1. The van der Waals surface area contributed by atoms with Crippen LogP contribution < -0.4 is 5.73 Å². The summed E-state index contributed by atoms with van der Waals surface area (Å²) in [7, 11) is -1.63. The number of pyridine rings is 1. The maximum Gasteiger partial charge on any atom is 0.192 e. The number of anilines is 1. The smallest absolute Gasteiger partial charge is 0.192 e. The molecule has 2 rings (SSSR count). The Morgan fingerprint density at radius 2 is 1.76 bits per heavy atom. The number of nitrogens with zero attached hydrogens (tertiary/aromatic N) is 1. The van der Waals surface area contributed by atoms with Crippen molar-refractivity contribution in [3.8, 4) is 0 Å². The Kier molecular flexibility index (Phi) is 4.78.